The van der Waals surface area contributed by atoms with Crippen molar-refractivity contribution in [3.63, 3.8) is 0 Å². The first-order valence-corrected chi connectivity index (χ1v) is 9.73. The number of rotatable bonds is 3. The first kappa shape index (κ1) is 18.5. The largest absolute Gasteiger partial charge is 0.507 e. The topological polar surface area (TPSA) is 83.4 Å². The summed E-state index contributed by atoms with van der Waals surface area (Å²) in [6, 6.07) is 11.2. The molecule has 9 heteroatoms. The summed E-state index contributed by atoms with van der Waals surface area (Å²) in [6.07, 6.45) is 0. The first-order chi connectivity index (χ1) is 13.5. The average Bonchev–Trinajstić information content (AvgIpc) is 3.29. The molecule has 2 aromatic carbocycles. The van der Waals surface area contributed by atoms with Gasteiger partial charge in [-0.05, 0) is 42.0 Å². The molecule has 0 saturated carbocycles. The average molecular weight is 460 g/mol. The van der Waals surface area contributed by atoms with Crippen molar-refractivity contribution >= 4 is 49.8 Å². The normalized spacial score (nSPS) is 18.6. The fourth-order valence-electron chi connectivity index (χ4n) is 3.06. The third-order valence-electron chi connectivity index (χ3n) is 4.28. The summed E-state index contributed by atoms with van der Waals surface area (Å²) in [4.78, 5) is 26.8. The van der Waals surface area contributed by atoms with E-state index in [4.69, 9.17) is 0 Å². The summed E-state index contributed by atoms with van der Waals surface area (Å²) in [6.45, 7) is 0. The van der Waals surface area contributed by atoms with Crippen LogP contribution in [0.3, 0.4) is 0 Å². The van der Waals surface area contributed by atoms with Crippen molar-refractivity contribution in [1.82, 2.24) is 10.2 Å². The van der Waals surface area contributed by atoms with E-state index in [1.165, 1.54) is 34.7 Å². The Kier molecular flexibility index (Phi) is 4.78. The number of ketones is 1. The van der Waals surface area contributed by atoms with Crippen molar-refractivity contribution in [2.45, 2.75) is 6.04 Å². The van der Waals surface area contributed by atoms with Gasteiger partial charge in [-0.2, -0.15) is 0 Å². The first-order valence-electron chi connectivity index (χ1n) is 8.06. The number of Topliss-reactive ketones (excluding diaryl/α,β-unsaturated/α-hetero) is 1. The molecule has 0 bridgehead atoms. The van der Waals surface area contributed by atoms with Gasteiger partial charge in [0.05, 0.1) is 11.6 Å². The zero-order valence-electron chi connectivity index (χ0n) is 14.0. The highest BCUT2D eigenvalue weighted by atomic mass is 79.9. The molecule has 0 unspecified atom stereocenters. The fraction of sp³-hybridized carbons (Fsp3) is 0.0526. The van der Waals surface area contributed by atoms with E-state index in [0.29, 0.717) is 5.56 Å². The van der Waals surface area contributed by atoms with E-state index in [1.54, 1.807) is 24.3 Å². The zero-order chi connectivity index (χ0) is 19.8. The van der Waals surface area contributed by atoms with E-state index in [1.807, 2.05) is 0 Å². The predicted molar refractivity (Wildman–Crippen MR) is 105 cm³/mol. The second-order valence-corrected chi connectivity index (χ2v) is 7.68. The number of hydrogen-bond acceptors (Lipinski definition) is 6. The molecule has 1 amide bonds. The van der Waals surface area contributed by atoms with Gasteiger partial charge in [-0.15, -0.1) is 10.2 Å². The third kappa shape index (κ3) is 3.12. The fourth-order valence-corrected chi connectivity index (χ4v) is 4.06. The number of nitrogens with zero attached hydrogens (tertiary/aromatic N) is 3. The van der Waals surface area contributed by atoms with Crippen LogP contribution in [0.25, 0.3) is 5.76 Å². The molecular weight excluding hydrogens is 449 g/mol. The molecule has 4 rings (SSSR count). The smallest absolute Gasteiger partial charge is 0.301 e. The molecule has 1 aliphatic rings. The molecule has 1 aromatic heterocycles. The van der Waals surface area contributed by atoms with Crippen molar-refractivity contribution in [2.24, 2.45) is 0 Å². The van der Waals surface area contributed by atoms with E-state index in [-0.39, 0.29) is 22.0 Å². The highest BCUT2D eigenvalue weighted by molar-refractivity contribution is 9.10. The molecule has 0 radical (unpaired) electrons. The summed E-state index contributed by atoms with van der Waals surface area (Å²) in [5.41, 5.74) is 2.20. The Hall–Kier alpha value is -2.91. The van der Waals surface area contributed by atoms with Crippen molar-refractivity contribution in [1.29, 1.82) is 0 Å². The lowest BCUT2D eigenvalue weighted by Gasteiger charge is -2.22. The minimum absolute atomic E-state index is 0.0927. The van der Waals surface area contributed by atoms with Crippen LogP contribution in [0, 0.1) is 5.82 Å². The second-order valence-electron chi connectivity index (χ2n) is 5.95. The van der Waals surface area contributed by atoms with Gasteiger partial charge in [0.1, 0.15) is 17.1 Å². The van der Waals surface area contributed by atoms with Gasteiger partial charge in [0.15, 0.2) is 0 Å². The van der Waals surface area contributed by atoms with Crippen LogP contribution in [0.15, 0.2) is 64.1 Å². The summed E-state index contributed by atoms with van der Waals surface area (Å²) in [5.74, 6) is -2.52. The Morgan fingerprint density at radius 3 is 2.57 bits per heavy atom. The number of benzene rings is 2. The highest BCUT2D eigenvalue weighted by Crippen LogP contribution is 2.42. The van der Waals surface area contributed by atoms with E-state index >= 15 is 0 Å². The Morgan fingerprint density at radius 2 is 1.93 bits per heavy atom. The molecule has 0 spiro atoms. The molecule has 1 N–H and O–H groups in total. The minimum atomic E-state index is -0.893. The number of carbonyl (C=O) groups is 2. The maximum atomic E-state index is 13.3. The predicted octanol–water partition coefficient (Wildman–Crippen LogP) is 4.07. The molecular formula is C19H11BrFN3O3S. The van der Waals surface area contributed by atoms with Crippen LogP contribution in [0.1, 0.15) is 17.2 Å². The number of carbonyl (C=O) groups excluding carboxylic acids is 2. The maximum Gasteiger partial charge on any atom is 0.301 e. The standard InChI is InChI=1S/C19H11BrFN3O3S/c20-12-3-1-2-11(8-12)15-14(16(25)10-4-6-13(21)7-5-10)17(26)18(27)24(15)19-23-22-9-28-19/h1-9,15,25H/b16-14+/t15-/m1/s1. The Balaban J connectivity index is 1.95. The van der Waals surface area contributed by atoms with Gasteiger partial charge >= 0.3 is 5.91 Å². The molecule has 28 heavy (non-hydrogen) atoms. The van der Waals surface area contributed by atoms with Gasteiger partial charge in [-0.3, -0.25) is 14.5 Å². The number of halogens is 2. The summed E-state index contributed by atoms with van der Waals surface area (Å²) in [7, 11) is 0. The monoisotopic (exact) mass is 459 g/mol. The summed E-state index contributed by atoms with van der Waals surface area (Å²) < 4.78 is 14.0. The Bertz CT molecular complexity index is 1100. The van der Waals surface area contributed by atoms with Crippen LogP contribution in [0.4, 0.5) is 9.52 Å². The molecule has 6 nitrogen and oxygen atoms in total. The molecule has 1 saturated heterocycles. The number of anilines is 1. The van der Waals surface area contributed by atoms with Crippen LogP contribution >= 0.6 is 27.3 Å². The van der Waals surface area contributed by atoms with Crippen LogP contribution in [0.5, 0.6) is 0 Å². The zero-order valence-corrected chi connectivity index (χ0v) is 16.4. The van der Waals surface area contributed by atoms with Crippen molar-refractivity contribution < 1.29 is 19.1 Å². The summed E-state index contributed by atoms with van der Waals surface area (Å²) in [5, 5.41) is 18.7. The van der Waals surface area contributed by atoms with Gasteiger partial charge in [0, 0.05) is 10.0 Å². The Morgan fingerprint density at radius 1 is 1.18 bits per heavy atom. The number of hydrogen-bond donors (Lipinski definition) is 1. The molecule has 3 aromatic rings. The van der Waals surface area contributed by atoms with E-state index in [9.17, 15) is 19.1 Å². The van der Waals surface area contributed by atoms with Crippen LogP contribution < -0.4 is 4.90 Å². The van der Waals surface area contributed by atoms with E-state index < -0.39 is 23.5 Å². The molecule has 0 aliphatic carbocycles. The van der Waals surface area contributed by atoms with Crippen LogP contribution in [-0.2, 0) is 9.59 Å². The van der Waals surface area contributed by atoms with E-state index in [0.717, 1.165) is 15.8 Å². The maximum absolute atomic E-state index is 13.3. The van der Waals surface area contributed by atoms with Crippen molar-refractivity contribution in [2.75, 3.05) is 4.90 Å². The van der Waals surface area contributed by atoms with Crippen LogP contribution in [-0.4, -0.2) is 27.0 Å². The van der Waals surface area contributed by atoms with Crippen LogP contribution in [0.2, 0.25) is 0 Å². The van der Waals surface area contributed by atoms with Gasteiger partial charge in [0.2, 0.25) is 5.13 Å². The second kappa shape index (κ2) is 7.25. The third-order valence-corrected chi connectivity index (χ3v) is 5.46. The molecule has 1 atom stereocenters. The Labute approximate surface area is 171 Å². The molecule has 2 heterocycles. The SMILES string of the molecule is O=C1C(=O)N(c2nncs2)[C@H](c2cccc(Br)c2)/C1=C(\O)c1ccc(F)cc1. The van der Waals surface area contributed by atoms with Gasteiger partial charge in [0.25, 0.3) is 5.78 Å². The lowest BCUT2D eigenvalue weighted by atomic mass is 9.95. The summed E-state index contributed by atoms with van der Waals surface area (Å²) >= 11 is 4.49. The van der Waals surface area contributed by atoms with Crippen molar-refractivity contribution in [3.8, 4) is 0 Å². The number of aliphatic hydroxyl groups is 1. The minimum Gasteiger partial charge on any atom is -0.507 e. The highest BCUT2D eigenvalue weighted by Gasteiger charge is 2.48. The lowest BCUT2D eigenvalue weighted by Crippen LogP contribution is -2.29. The molecule has 1 aliphatic heterocycles. The number of amides is 1. The number of aliphatic hydroxyl groups excluding tert-OH is 1. The van der Waals surface area contributed by atoms with E-state index in [2.05, 4.69) is 26.1 Å². The molecule has 140 valence electrons. The van der Waals surface area contributed by atoms with Gasteiger partial charge < -0.3 is 5.11 Å². The van der Waals surface area contributed by atoms with Gasteiger partial charge in [-0.1, -0.05) is 39.4 Å². The number of aromatic nitrogens is 2. The van der Waals surface area contributed by atoms with Crippen molar-refractivity contribution in [3.05, 3.63) is 81.0 Å². The quantitative estimate of drug-likeness (QED) is 0.362. The van der Waals surface area contributed by atoms with Gasteiger partial charge in [-0.25, -0.2) is 4.39 Å². The lowest BCUT2D eigenvalue weighted by molar-refractivity contribution is -0.132. The molecule has 1 fully saturated rings.